The molecule has 0 spiro atoms. The molecule has 1 aromatic carbocycles. The number of hydrogen-bond acceptors (Lipinski definition) is 5. The minimum Gasteiger partial charge on any atom is -0.460 e. The van der Waals surface area contributed by atoms with Crippen molar-refractivity contribution < 1.29 is 24.2 Å². The Morgan fingerprint density at radius 1 is 0.848 bits per heavy atom. The average Bonchev–Trinajstić information content (AvgIpc) is 3.73. The van der Waals surface area contributed by atoms with E-state index in [1.165, 1.54) is 12.8 Å². The van der Waals surface area contributed by atoms with Gasteiger partial charge in [0, 0.05) is 11.5 Å². The average molecular weight is 634 g/mol. The number of fused-ring (bicyclic) bond motifs is 7. The van der Waals surface area contributed by atoms with E-state index in [0.29, 0.717) is 30.4 Å². The molecule has 6 aliphatic rings. The van der Waals surface area contributed by atoms with Crippen molar-refractivity contribution in [3.05, 3.63) is 35.9 Å². The molecule has 46 heavy (non-hydrogen) atoms. The maximum atomic E-state index is 14.2. The van der Waals surface area contributed by atoms with Crippen molar-refractivity contribution in [2.24, 2.45) is 56.7 Å². The third-order valence-electron chi connectivity index (χ3n) is 15.8. The number of carbonyl (C=O) groups is 2. The normalized spacial score (nSPS) is 44.8. The van der Waals surface area contributed by atoms with Crippen molar-refractivity contribution in [1.29, 1.82) is 0 Å². The third kappa shape index (κ3) is 4.80. The van der Waals surface area contributed by atoms with Crippen LogP contribution in [0.4, 0.5) is 4.79 Å². The molecular formula is C40H59NO5. The van der Waals surface area contributed by atoms with Crippen molar-refractivity contribution >= 4 is 12.1 Å². The van der Waals surface area contributed by atoms with Crippen molar-refractivity contribution in [3.8, 4) is 0 Å². The Labute approximate surface area is 277 Å². The molecule has 0 saturated heterocycles. The van der Waals surface area contributed by atoms with Crippen molar-refractivity contribution in [3.63, 3.8) is 0 Å². The van der Waals surface area contributed by atoms with E-state index in [0.717, 1.165) is 69.8 Å². The van der Waals surface area contributed by atoms with E-state index < -0.39 is 11.5 Å². The number of nitrogens with one attached hydrogen (secondary N) is 1. The summed E-state index contributed by atoms with van der Waals surface area (Å²) in [6, 6.07) is 10.3. The van der Waals surface area contributed by atoms with Crippen LogP contribution in [0.2, 0.25) is 0 Å². The molecule has 11 atom stereocenters. The Bertz CT molecular complexity index is 1320. The number of carbonyl (C=O) groups excluding carboxylic acids is 2. The number of benzene rings is 1. The van der Waals surface area contributed by atoms with E-state index in [-0.39, 0.29) is 51.7 Å². The van der Waals surface area contributed by atoms with Crippen LogP contribution in [0.3, 0.4) is 0 Å². The van der Waals surface area contributed by atoms with E-state index in [9.17, 15) is 14.7 Å². The summed E-state index contributed by atoms with van der Waals surface area (Å²) in [5, 5.41) is 14.2. The molecule has 6 saturated carbocycles. The van der Waals surface area contributed by atoms with Gasteiger partial charge in [-0.15, -0.1) is 0 Å². The van der Waals surface area contributed by atoms with Gasteiger partial charge in [-0.25, -0.2) is 4.79 Å². The van der Waals surface area contributed by atoms with Gasteiger partial charge in [0.2, 0.25) is 0 Å². The number of alkyl carbamates (subject to hydrolysis) is 1. The first-order valence-corrected chi connectivity index (χ1v) is 18.6. The Morgan fingerprint density at radius 2 is 1.59 bits per heavy atom. The number of esters is 1. The highest BCUT2D eigenvalue weighted by Gasteiger charge is 2.72. The van der Waals surface area contributed by atoms with Crippen LogP contribution in [0, 0.1) is 56.7 Å². The molecule has 6 aliphatic carbocycles. The van der Waals surface area contributed by atoms with Gasteiger partial charge in [0.15, 0.2) is 0 Å². The Hall–Kier alpha value is -2.08. The van der Waals surface area contributed by atoms with Crippen molar-refractivity contribution in [2.75, 3.05) is 0 Å². The molecule has 7 rings (SSSR count). The van der Waals surface area contributed by atoms with E-state index in [1.54, 1.807) is 0 Å². The highest BCUT2D eigenvalue weighted by Crippen LogP contribution is 2.77. The molecule has 0 heterocycles. The van der Waals surface area contributed by atoms with Gasteiger partial charge in [-0.2, -0.15) is 0 Å². The van der Waals surface area contributed by atoms with Crippen LogP contribution in [-0.4, -0.2) is 35.4 Å². The van der Waals surface area contributed by atoms with Crippen LogP contribution in [-0.2, 0) is 20.9 Å². The molecule has 5 unspecified atom stereocenters. The van der Waals surface area contributed by atoms with E-state index in [4.69, 9.17) is 9.47 Å². The second-order valence-electron chi connectivity index (χ2n) is 18.0. The zero-order chi connectivity index (χ0) is 32.7. The summed E-state index contributed by atoms with van der Waals surface area (Å²) in [5.74, 6) is 1.74. The number of aliphatic hydroxyl groups excluding tert-OH is 1. The molecule has 6 fully saturated rings. The Kier molecular flexibility index (Phi) is 7.93. The van der Waals surface area contributed by atoms with Gasteiger partial charge in [-0.1, -0.05) is 65.0 Å². The van der Waals surface area contributed by atoms with Crippen LogP contribution in [0.25, 0.3) is 0 Å². The SMILES string of the molecule is CC(O)[C@@H]1CC[C@]2(C(=O)OCc3ccccc3)CC[C@]3(C)C(CCC4[C@@]5(C)CC[C@@H](OC(=O)NC6CC6)C(C)(C)C5CC[C@]43C)C12. The molecule has 254 valence electrons. The molecule has 6 heteroatoms. The quantitative estimate of drug-likeness (QED) is 0.307. The lowest BCUT2D eigenvalue weighted by Gasteiger charge is -2.72. The summed E-state index contributed by atoms with van der Waals surface area (Å²) < 4.78 is 12.3. The number of amides is 1. The fourth-order valence-corrected chi connectivity index (χ4v) is 13.1. The van der Waals surface area contributed by atoms with Gasteiger partial charge in [0.1, 0.15) is 12.7 Å². The van der Waals surface area contributed by atoms with Crippen LogP contribution < -0.4 is 5.32 Å². The topological polar surface area (TPSA) is 84.9 Å². The smallest absolute Gasteiger partial charge is 0.407 e. The molecule has 1 amide bonds. The molecule has 6 nitrogen and oxygen atoms in total. The molecule has 1 aromatic rings. The van der Waals surface area contributed by atoms with E-state index >= 15 is 0 Å². The molecule has 2 N–H and O–H groups in total. The van der Waals surface area contributed by atoms with E-state index in [2.05, 4.69) is 39.9 Å². The predicted molar refractivity (Wildman–Crippen MR) is 179 cm³/mol. The minimum absolute atomic E-state index is 0.0275. The fraction of sp³-hybridized carbons (Fsp3) is 0.800. The Morgan fingerprint density at radius 3 is 2.28 bits per heavy atom. The Balaban J connectivity index is 1.15. The van der Waals surface area contributed by atoms with Crippen LogP contribution in [0.1, 0.15) is 124 Å². The molecule has 0 aromatic heterocycles. The van der Waals surface area contributed by atoms with Gasteiger partial charge < -0.3 is 19.9 Å². The van der Waals surface area contributed by atoms with E-state index in [1.807, 2.05) is 37.3 Å². The van der Waals surface area contributed by atoms with Gasteiger partial charge in [-0.3, -0.25) is 4.79 Å². The maximum Gasteiger partial charge on any atom is 0.407 e. The van der Waals surface area contributed by atoms with Gasteiger partial charge in [0.05, 0.1) is 11.5 Å². The van der Waals surface area contributed by atoms with Gasteiger partial charge in [-0.05, 0) is 135 Å². The first-order chi connectivity index (χ1) is 21.8. The maximum absolute atomic E-state index is 14.2. The molecule has 0 aliphatic heterocycles. The number of aliphatic hydroxyl groups is 1. The highest BCUT2D eigenvalue weighted by molar-refractivity contribution is 5.78. The zero-order valence-corrected chi connectivity index (χ0v) is 29.3. The standard InChI is InChI=1S/C40H59NO5/c1-25(42)28-16-21-40(34(43)45-24-26-10-8-7-9-11-26)23-22-38(5)29(33(28)40)14-15-31-37(4)19-18-32(46-35(44)41-27-12-13-27)36(2,3)30(37)17-20-39(31,38)6/h7-11,25,27-33,42H,12-24H2,1-6H3,(H,41,44)/t25?,28-,29?,30?,31?,32+,33?,37-,38+,39+,40-/m0/s1. The van der Waals surface area contributed by atoms with Gasteiger partial charge in [0.25, 0.3) is 0 Å². The van der Waals surface area contributed by atoms with Crippen LogP contribution >= 0.6 is 0 Å². The summed E-state index contributed by atoms with van der Waals surface area (Å²) in [6.45, 7) is 14.8. The third-order valence-corrected chi connectivity index (χ3v) is 15.8. The largest absolute Gasteiger partial charge is 0.460 e. The van der Waals surface area contributed by atoms with Crippen molar-refractivity contribution in [2.45, 2.75) is 143 Å². The minimum atomic E-state index is -0.497. The van der Waals surface area contributed by atoms with Crippen LogP contribution in [0.15, 0.2) is 30.3 Å². The summed E-state index contributed by atoms with van der Waals surface area (Å²) in [4.78, 5) is 27.0. The fourth-order valence-electron chi connectivity index (χ4n) is 13.1. The summed E-state index contributed by atoms with van der Waals surface area (Å²) in [6.07, 6.45) is 11.7. The first-order valence-electron chi connectivity index (χ1n) is 18.6. The second-order valence-corrected chi connectivity index (χ2v) is 18.0. The summed E-state index contributed by atoms with van der Waals surface area (Å²) >= 11 is 0. The zero-order valence-electron chi connectivity index (χ0n) is 29.3. The van der Waals surface area contributed by atoms with Crippen molar-refractivity contribution in [1.82, 2.24) is 5.32 Å². The second kappa shape index (κ2) is 11.2. The number of hydrogen-bond donors (Lipinski definition) is 2. The highest BCUT2D eigenvalue weighted by atomic mass is 16.6. The molecule has 0 bridgehead atoms. The first kappa shape index (κ1) is 32.5. The monoisotopic (exact) mass is 633 g/mol. The number of rotatable bonds is 6. The lowest BCUT2D eigenvalue weighted by Crippen LogP contribution is -2.67. The lowest BCUT2D eigenvalue weighted by molar-refractivity contribution is -0.250. The summed E-state index contributed by atoms with van der Waals surface area (Å²) in [7, 11) is 0. The van der Waals surface area contributed by atoms with Crippen LogP contribution in [0.5, 0.6) is 0 Å². The molecule has 0 radical (unpaired) electrons. The lowest BCUT2D eigenvalue weighted by atomic mass is 9.32. The van der Waals surface area contributed by atoms with Gasteiger partial charge >= 0.3 is 12.1 Å². The predicted octanol–water partition coefficient (Wildman–Crippen LogP) is 8.45. The summed E-state index contributed by atoms with van der Waals surface area (Å²) in [5.41, 5.74) is 0.875. The number of ether oxygens (including phenoxy) is 2. The molecular weight excluding hydrogens is 574 g/mol.